The largest absolute Gasteiger partial charge is 0.445 e. The zero-order valence-electron chi connectivity index (χ0n) is 8.74. The second-order valence-electron chi connectivity index (χ2n) is 3.10. The van der Waals surface area contributed by atoms with Crippen LogP contribution in [0.4, 0.5) is 18.0 Å². The summed E-state index contributed by atoms with van der Waals surface area (Å²) >= 11 is 0.325. The van der Waals surface area contributed by atoms with E-state index in [0.717, 1.165) is 9.58 Å². The topological polar surface area (TPSA) is 50.5 Å². The van der Waals surface area contributed by atoms with Crippen molar-refractivity contribution in [3.63, 3.8) is 0 Å². The van der Waals surface area contributed by atoms with Crippen molar-refractivity contribution in [1.29, 1.82) is 0 Å². The summed E-state index contributed by atoms with van der Waals surface area (Å²) in [6, 6.07) is -0.632. The molecule has 0 unspecified atom stereocenters. The van der Waals surface area contributed by atoms with Gasteiger partial charge in [0.2, 0.25) is 9.81 Å². The van der Waals surface area contributed by atoms with Gasteiger partial charge in [-0.1, -0.05) is 11.3 Å². The van der Waals surface area contributed by atoms with Gasteiger partial charge >= 0.3 is 12.2 Å². The Balaban J connectivity index is 3.18. The summed E-state index contributed by atoms with van der Waals surface area (Å²) in [7, 11) is 4.21. The first kappa shape index (κ1) is 12.7. The van der Waals surface area contributed by atoms with E-state index < -0.39 is 17.2 Å². The van der Waals surface area contributed by atoms with E-state index in [2.05, 4.69) is 10.1 Å². The molecular formula is C7H9F3N4OS. The number of hydrogen-bond acceptors (Lipinski definition) is 3. The van der Waals surface area contributed by atoms with Gasteiger partial charge in [-0.25, -0.2) is 9.48 Å². The van der Waals surface area contributed by atoms with Gasteiger partial charge in [0.1, 0.15) is 0 Å². The number of aromatic nitrogens is 2. The van der Waals surface area contributed by atoms with Gasteiger partial charge in [0.25, 0.3) is 0 Å². The number of halogens is 3. The standard InChI is InChI=1S/C7H9F3N4OS/c1-13(2)5(15)11-6-14(3)12-4(16-6)7(8,9)10/h1-3H3/b11-6+. The smallest absolute Gasteiger partial charge is 0.329 e. The Bertz CT molecular complexity index is 459. The van der Waals surface area contributed by atoms with Crippen LogP contribution in [0.1, 0.15) is 5.01 Å². The summed E-state index contributed by atoms with van der Waals surface area (Å²) in [5.74, 6) is 0. The van der Waals surface area contributed by atoms with Crippen LogP contribution in [0.2, 0.25) is 0 Å². The van der Waals surface area contributed by atoms with E-state index in [1.807, 2.05) is 0 Å². The molecule has 0 aromatic carbocycles. The summed E-state index contributed by atoms with van der Waals surface area (Å²) < 4.78 is 37.7. The molecule has 1 aromatic heterocycles. The number of urea groups is 1. The Hall–Kier alpha value is -1.38. The maximum Gasteiger partial charge on any atom is 0.445 e. The fourth-order valence-electron chi connectivity index (χ4n) is 0.744. The van der Waals surface area contributed by atoms with E-state index in [1.165, 1.54) is 21.1 Å². The first-order valence-electron chi connectivity index (χ1n) is 4.09. The molecule has 0 spiro atoms. The van der Waals surface area contributed by atoms with Gasteiger partial charge < -0.3 is 4.90 Å². The van der Waals surface area contributed by atoms with Crippen molar-refractivity contribution in [2.24, 2.45) is 12.0 Å². The number of nitrogens with zero attached hydrogens (tertiary/aromatic N) is 4. The Labute approximate surface area is 92.8 Å². The highest BCUT2D eigenvalue weighted by Gasteiger charge is 2.35. The molecule has 0 aliphatic rings. The zero-order valence-corrected chi connectivity index (χ0v) is 9.56. The monoisotopic (exact) mass is 254 g/mol. The van der Waals surface area contributed by atoms with E-state index in [9.17, 15) is 18.0 Å². The second kappa shape index (κ2) is 4.24. The van der Waals surface area contributed by atoms with Crippen LogP contribution in [0.15, 0.2) is 4.99 Å². The third-order valence-electron chi connectivity index (χ3n) is 1.52. The molecule has 5 nitrogen and oxygen atoms in total. The molecule has 1 heterocycles. The van der Waals surface area contributed by atoms with Gasteiger partial charge in [0.05, 0.1) is 0 Å². The lowest BCUT2D eigenvalue weighted by Crippen LogP contribution is -2.22. The summed E-state index contributed by atoms with van der Waals surface area (Å²) in [5, 5.41) is 2.21. The van der Waals surface area contributed by atoms with Crippen LogP contribution in [0.5, 0.6) is 0 Å². The molecule has 0 aliphatic carbocycles. The van der Waals surface area contributed by atoms with Crippen LogP contribution >= 0.6 is 11.3 Å². The Kier molecular flexibility index (Phi) is 3.36. The second-order valence-corrected chi connectivity index (χ2v) is 4.06. The summed E-state index contributed by atoms with van der Waals surface area (Å²) in [6.45, 7) is 0. The molecule has 0 fully saturated rings. The molecule has 0 saturated heterocycles. The molecule has 0 aliphatic heterocycles. The summed E-state index contributed by atoms with van der Waals surface area (Å²) in [6.07, 6.45) is -4.52. The predicted octanol–water partition coefficient (Wildman–Crippen LogP) is 1.08. The lowest BCUT2D eigenvalue weighted by Gasteiger charge is -2.03. The van der Waals surface area contributed by atoms with Crippen LogP contribution in [-0.4, -0.2) is 34.8 Å². The van der Waals surface area contributed by atoms with Crippen LogP contribution < -0.4 is 4.80 Å². The molecular weight excluding hydrogens is 245 g/mol. The molecule has 0 N–H and O–H groups in total. The molecule has 1 aromatic rings. The van der Waals surface area contributed by atoms with E-state index in [0.29, 0.717) is 11.3 Å². The van der Waals surface area contributed by atoms with Crippen LogP contribution in [0, 0.1) is 0 Å². The number of alkyl halides is 3. The third kappa shape index (κ3) is 2.81. The Morgan fingerprint density at radius 2 is 2.06 bits per heavy atom. The number of rotatable bonds is 0. The van der Waals surface area contributed by atoms with Gasteiger partial charge in [0.15, 0.2) is 0 Å². The minimum absolute atomic E-state index is 0.0916. The lowest BCUT2D eigenvalue weighted by molar-refractivity contribution is -0.138. The van der Waals surface area contributed by atoms with Crippen molar-refractivity contribution in [3.05, 3.63) is 9.81 Å². The summed E-state index contributed by atoms with van der Waals surface area (Å²) in [5.41, 5.74) is 0. The van der Waals surface area contributed by atoms with E-state index in [-0.39, 0.29) is 4.80 Å². The number of carbonyl (C=O) groups excluding carboxylic acids is 1. The average Bonchev–Trinajstić information content (AvgIpc) is 2.47. The molecule has 0 bridgehead atoms. The molecule has 0 radical (unpaired) electrons. The number of amides is 2. The number of aryl methyl sites for hydroxylation is 1. The first-order valence-corrected chi connectivity index (χ1v) is 4.91. The van der Waals surface area contributed by atoms with Crippen molar-refractivity contribution < 1.29 is 18.0 Å². The quantitative estimate of drug-likeness (QED) is 0.695. The van der Waals surface area contributed by atoms with Crippen molar-refractivity contribution in [3.8, 4) is 0 Å². The zero-order chi connectivity index (χ0) is 12.5. The van der Waals surface area contributed by atoms with Gasteiger partial charge in [-0.05, 0) is 0 Å². The number of hydrogen-bond donors (Lipinski definition) is 0. The first-order chi connectivity index (χ1) is 7.21. The van der Waals surface area contributed by atoms with Crippen LogP contribution in [-0.2, 0) is 13.2 Å². The lowest BCUT2D eigenvalue weighted by atomic mass is 10.7. The fraction of sp³-hybridized carbons (Fsp3) is 0.571. The van der Waals surface area contributed by atoms with Gasteiger partial charge in [-0.3, -0.25) is 0 Å². The van der Waals surface area contributed by atoms with Crippen molar-refractivity contribution in [2.45, 2.75) is 6.18 Å². The van der Waals surface area contributed by atoms with Crippen molar-refractivity contribution in [2.75, 3.05) is 14.1 Å². The maximum absolute atomic E-state index is 12.3. The normalized spacial score (nSPS) is 13.0. The highest BCUT2D eigenvalue weighted by Crippen LogP contribution is 2.28. The van der Waals surface area contributed by atoms with Gasteiger partial charge in [0, 0.05) is 21.1 Å². The average molecular weight is 254 g/mol. The molecule has 9 heteroatoms. The van der Waals surface area contributed by atoms with E-state index >= 15 is 0 Å². The van der Waals surface area contributed by atoms with Crippen LogP contribution in [0.25, 0.3) is 0 Å². The minimum atomic E-state index is -4.52. The Morgan fingerprint density at radius 1 is 1.50 bits per heavy atom. The molecule has 0 atom stereocenters. The van der Waals surface area contributed by atoms with Crippen LogP contribution in [0.3, 0.4) is 0 Å². The third-order valence-corrected chi connectivity index (χ3v) is 2.57. The number of carbonyl (C=O) groups is 1. The maximum atomic E-state index is 12.3. The highest BCUT2D eigenvalue weighted by molar-refractivity contribution is 7.09. The minimum Gasteiger partial charge on any atom is -0.329 e. The van der Waals surface area contributed by atoms with Gasteiger partial charge in [-0.15, -0.1) is 0 Å². The van der Waals surface area contributed by atoms with Gasteiger partial charge in [-0.2, -0.15) is 23.3 Å². The highest BCUT2D eigenvalue weighted by atomic mass is 32.1. The van der Waals surface area contributed by atoms with Crippen molar-refractivity contribution >= 4 is 17.4 Å². The molecule has 1 rings (SSSR count). The SMILES string of the molecule is CN(C)C(=O)/N=c1/sc(C(F)(F)F)nn1C. The van der Waals surface area contributed by atoms with E-state index in [4.69, 9.17) is 0 Å². The molecule has 16 heavy (non-hydrogen) atoms. The fourth-order valence-corrected chi connectivity index (χ4v) is 1.49. The summed E-state index contributed by atoms with van der Waals surface area (Å²) in [4.78, 5) is 15.7. The molecule has 0 saturated carbocycles. The molecule has 2 amide bonds. The van der Waals surface area contributed by atoms with Crippen molar-refractivity contribution in [1.82, 2.24) is 14.7 Å². The Morgan fingerprint density at radius 3 is 2.44 bits per heavy atom. The predicted molar refractivity (Wildman–Crippen MR) is 50.7 cm³/mol. The van der Waals surface area contributed by atoms with E-state index in [1.54, 1.807) is 0 Å². The molecule has 90 valence electrons.